The average Bonchev–Trinajstić information content (AvgIpc) is 3.34. The largest absolute Gasteiger partial charge is 0.322 e. The predicted molar refractivity (Wildman–Crippen MR) is 109 cm³/mol. The zero-order chi connectivity index (χ0) is 21.3. The van der Waals surface area contributed by atoms with Crippen LogP contribution in [0.15, 0.2) is 48.8 Å². The maximum atomic E-state index is 13.1. The number of aryl methyl sites for hydroxylation is 2. The Labute approximate surface area is 176 Å². The summed E-state index contributed by atoms with van der Waals surface area (Å²) < 4.78 is 16.1. The van der Waals surface area contributed by atoms with Crippen LogP contribution in [0.4, 0.5) is 10.1 Å². The minimum atomic E-state index is -0.375. The van der Waals surface area contributed by atoms with Crippen LogP contribution < -0.4 is 5.32 Å². The predicted octanol–water partition coefficient (Wildman–Crippen LogP) is 3.57. The third-order valence-electron chi connectivity index (χ3n) is 4.62. The van der Waals surface area contributed by atoms with Gasteiger partial charge in [-0.25, -0.2) is 13.8 Å². The summed E-state index contributed by atoms with van der Waals surface area (Å²) in [4.78, 5) is 13.0. The molecule has 0 radical (unpaired) electrons. The Hall–Kier alpha value is -3.59. The van der Waals surface area contributed by atoms with Crippen molar-refractivity contribution >= 4 is 23.2 Å². The summed E-state index contributed by atoms with van der Waals surface area (Å²) >= 11 is 6.46. The molecule has 2 heterocycles. The Morgan fingerprint density at radius 1 is 1.17 bits per heavy atom. The second-order valence-corrected chi connectivity index (χ2v) is 7.10. The van der Waals surface area contributed by atoms with Gasteiger partial charge in [0.1, 0.15) is 17.3 Å². The van der Waals surface area contributed by atoms with E-state index in [1.54, 1.807) is 25.1 Å². The Balaban J connectivity index is 1.59. The lowest BCUT2D eigenvalue weighted by atomic mass is 10.1. The number of anilines is 1. The molecule has 0 saturated heterocycles. The van der Waals surface area contributed by atoms with Gasteiger partial charge in [-0.2, -0.15) is 5.10 Å². The van der Waals surface area contributed by atoms with E-state index in [-0.39, 0.29) is 22.4 Å². The van der Waals surface area contributed by atoms with E-state index in [0.717, 1.165) is 11.1 Å². The number of benzene rings is 2. The molecule has 4 aromatic rings. The van der Waals surface area contributed by atoms with Crippen molar-refractivity contribution < 1.29 is 9.18 Å². The smallest absolute Gasteiger partial charge is 0.260 e. The highest BCUT2D eigenvalue weighted by Crippen LogP contribution is 2.24. The molecule has 0 spiro atoms. The Morgan fingerprint density at radius 2 is 1.93 bits per heavy atom. The number of hydrogen-bond acceptors (Lipinski definition) is 5. The SMILES string of the molecule is Cc1ccc(-n2cnnn2)cc1NC(=O)c1c(C)nn(Cc2ccc(F)cc2)c1Cl. The highest BCUT2D eigenvalue weighted by atomic mass is 35.5. The molecule has 8 nitrogen and oxygen atoms in total. The highest BCUT2D eigenvalue weighted by Gasteiger charge is 2.21. The first kappa shape index (κ1) is 19.7. The van der Waals surface area contributed by atoms with Gasteiger partial charge in [-0.1, -0.05) is 29.8 Å². The first-order chi connectivity index (χ1) is 14.4. The minimum Gasteiger partial charge on any atom is -0.322 e. The molecular formula is C20H17ClFN7O. The molecule has 1 amide bonds. The topological polar surface area (TPSA) is 90.5 Å². The molecule has 0 atom stereocenters. The Kier molecular flexibility index (Phi) is 5.28. The lowest BCUT2D eigenvalue weighted by molar-refractivity contribution is 0.102. The van der Waals surface area contributed by atoms with Crippen LogP contribution >= 0.6 is 11.6 Å². The first-order valence-electron chi connectivity index (χ1n) is 9.05. The van der Waals surface area contributed by atoms with E-state index >= 15 is 0 Å². The van der Waals surface area contributed by atoms with Gasteiger partial charge in [-0.15, -0.1) is 5.10 Å². The molecule has 0 unspecified atom stereocenters. The lowest BCUT2D eigenvalue weighted by Gasteiger charge is -2.10. The molecule has 30 heavy (non-hydrogen) atoms. The quantitative estimate of drug-likeness (QED) is 0.528. The fraction of sp³-hybridized carbons (Fsp3) is 0.150. The van der Waals surface area contributed by atoms with Crippen molar-refractivity contribution in [2.45, 2.75) is 20.4 Å². The molecule has 152 valence electrons. The van der Waals surface area contributed by atoms with Gasteiger partial charge in [0.2, 0.25) is 0 Å². The van der Waals surface area contributed by atoms with Crippen molar-refractivity contribution in [1.82, 2.24) is 30.0 Å². The molecule has 0 fully saturated rings. The molecule has 0 saturated carbocycles. The zero-order valence-electron chi connectivity index (χ0n) is 16.2. The number of tetrazole rings is 1. The summed E-state index contributed by atoms with van der Waals surface area (Å²) in [7, 11) is 0. The summed E-state index contributed by atoms with van der Waals surface area (Å²) in [6.07, 6.45) is 1.47. The van der Waals surface area contributed by atoms with E-state index in [2.05, 4.69) is 25.9 Å². The molecule has 2 aromatic heterocycles. The summed E-state index contributed by atoms with van der Waals surface area (Å²) in [5.74, 6) is -0.694. The number of nitrogens with one attached hydrogen (secondary N) is 1. The van der Waals surface area contributed by atoms with E-state index < -0.39 is 0 Å². The van der Waals surface area contributed by atoms with Crippen molar-refractivity contribution in [3.05, 3.63) is 82.1 Å². The van der Waals surface area contributed by atoms with E-state index in [9.17, 15) is 9.18 Å². The maximum Gasteiger partial charge on any atom is 0.260 e. The first-order valence-corrected chi connectivity index (χ1v) is 9.43. The van der Waals surface area contributed by atoms with Crippen molar-refractivity contribution in [3.8, 4) is 5.69 Å². The Bertz CT molecular complexity index is 1200. The van der Waals surface area contributed by atoms with Crippen LogP contribution in [0.5, 0.6) is 0 Å². The number of carbonyl (C=O) groups is 1. The van der Waals surface area contributed by atoms with Gasteiger partial charge in [0, 0.05) is 5.69 Å². The lowest BCUT2D eigenvalue weighted by Crippen LogP contribution is -2.14. The van der Waals surface area contributed by atoms with Crippen molar-refractivity contribution in [2.24, 2.45) is 0 Å². The van der Waals surface area contributed by atoms with Gasteiger partial charge in [0.05, 0.1) is 23.5 Å². The van der Waals surface area contributed by atoms with Gasteiger partial charge in [0.15, 0.2) is 0 Å². The van der Waals surface area contributed by atoms with Gasteiger partial charge in [0.25, 0.3) is 5.91 Å². The number of halogens is 2. The highest BCUT2D eigenvalue weighted by molar-refractivity contribution is 6.33. The number of rotatable bonds is 5. The van der Waals surface area contributed by atoms with Gasteiger partial charge in [-0.3, -0.25) is 4.79 Å². The van der Waals surface area contributed by atoms with Crippen LogP contribution in [0.3, 0.4) is 0 Å². The number of hydrogen-bond donors (Lipinski definition) is 1. The summed E-state index contributed by atoms with van der Waals surface area (Å²) in [5, 5.41) is 18.6. The molecule has 0 bridgehead atoms. The average molecular weight is 426 g/mol. The van der Waals surface area contributed by atoms with E-state index in [1.165, 1.54) is 27.8 Å². The van der Waals surface area contributed by atoms with Crippen LogP contribution in [0.1, 0.15) is 27.2 Å². The number of carbonyl (C=O) groups excluding carboxylic acids is 1. The molecule has 10 heteroatoms. The van der Waals surface area contributed by atoms with E-state index in [4.69, 9.17) is 11.6 Å². The van der Waals surface area contributed by atoms with Crippen molar-refractivity contribution in [3.63, 3.8) is 0 Å². The molecule has 4 rings (SSSR count). The van der Waals surface area contributed by atoms with Crippen molar-refractivity contribution in [2.75, 3.05) is 5.32 Å². The Morgan fingerprint density at radius 3 is 2.63 bits per heavy atom. The summed E-state index contributed by atoms with van der Waals surface area (Å²) in [6, 6.07) is 11.5. The third-order valence-corrected chi connectivity index (χ3v) is 5.01. The van der Waals surface area contributed by atoms with E-state index in [0.29, 0.717) is 23.6 Å². The van der Waals surface area contributed by atoms with Gasteiger partial charge >= 0.3 is 0 Å². The monoisotopic (exact) mass is 425 g/mol. The minimum absolute atomic E-state index is 0.212. The van der Waals surface area contributed by atoms with Crippen LogP contribution in [0.25, 0.3) is 5.69 Å². The fourth-order valence-electron chi connectivity index (χ4n) is 3.03. The standard InChI is InChI=1S/C20H17ClFN7O/c1-12-3-8-16(29-11-23-26-27-29)9-17(12)24-20(30)18-13(2)25-28(19(18)21)10-14-4-6-15(22)7-5-14/h3-9,11H,10H2,1-2H3,(H,24,30). The maximum absolute atomic E-state index is 13.1. The molecular weight excluding hydrogens is 409 g/mol. The van der Waals surface area contributed by atoms with E-state index in [1.807, 2.05) is 19.1 Å². The third kappa shape index (κ3) is 3.92. The van der Waals surface area contributed by atoms with Crippen molar-refractivity contribution in [1.29, 1.82) is 0 Å². The molecule has 0 aliphatic heterocycles. The van der Waals surface area contributed by atoms with Gasteiger partial charge < -0.3 is 5.32 Å². The normalized spacial score (nSPS) is 10.9. The second kappa shape index (κ2) is 8.03. The summed E-state index contributed by atoms with van der Waals surface area (Å²) in [6.45, 7) is 3.92. The van der Waals surface area contributed by atoms with Crippen LogP contribution in [0, 0.1) is 19.7 Å². The van der Waals surface area contributed by atoms with Crippen LogP contribution in [-0.2, 0) is 6.54 Å². The fourth-order valence-corrected chi connectivity index (χ4v) is 3.35. The molecule has 1 N–H and O–H groups in total. The van der Waals surface area contributed by atoms with Gasteiger partial charge in [-0.05, 0) is 59.7 Å². The number of nitrogens with zero attached hydrogens (tertiary/aromatic N) is 6. The molecule has 2 aromatic carbocycles. The number of aromatic nitrogens is 6. The second-order valence-electron chi connectivity index (χ2n) is 6.74. The molecule has 0 aliphatic rings. The summed E-state index contributed by atoms with van der Waals surface area (Å²) in [5.41, 5.74) is 3.77. The van der Waals surface area contributed by atoms with Crippen LogP contribution in [0.2, 0.25) is 5.15 Å². The molecule has 0 aliphatic carbocycles. The zero-order valence-corrected chi connectivity index (χ0v) is 16.9. The van der Waals surface area contributed by atoms with Crippen LogP contribution in [-0.4, -0.2) is 35.9 Å². The number of amides is 1.